The Morgan fingerprint density at radius 2 is 1.76 bits per heavy atom. The quantitative estimate of drug-likeness (QED) is 0.783. The summed E-state index contributed by atoms with van der Waals surface area (Å²) in [6, 6.07) is 2.88. The van der Waals surface area contributed by atoms with Crippen molar-refractivity contribution < 1.29 is 19.0 Å². The maximum atomic E-state index is 12.4. The Balaban J connectivity index is 3.10. The van der Waals surface area contributed by atoms with Gasteiger partial charge in [-0.2, -0.15) is 0 Å². The van der Waals surface area contributed by atoms with E-state index in [-0.39, 0.29) is 11.9 Å². The molecule has 1 aromatic rings. The average Bonchev–Trinajstić information content (AvgIpc) is 2.52. The first kappa shape index (κ1) is 16.7. The number of amides is 1. The van der Waals surface area contributed by atoms with Gasteiger partial charge in [0.05, 0.1) is 32.9 Å². The molecule has 1 atom stereocenters. The number of carbonyl (C=O) groups is 1. The van der Waals surface area contributed by atoms with Crippen molar-refractivity contribution in [3.8, 4) is 29.6 Å². The zero-order valence-electron chi connectivity index (χ0n) is 12.9. The minimum absolute atomic E-state index is 0.302. The number of terminal acetylenes is 1. The van der Waals surface area contributed by atoms with Crippen LogP contribution in [-0.2, 0) is 0 Å². The van der Waals surface area contributed by atoms with Gasteiger partial charge in [-0.05, 0) is 6.42 Å². The minimum atomic E-state index is -0.305. The number of nitrogens with one attached hydrogen (secondary N) is 1. The van der Waals surface area contributed by atoms with Crippen LogP contribution in [-0.4, -0.2) is 33.3 Å². The molecule has 0 saturated heterocycles. The van der Waals surface area contributed by atoms with Gasteiger partial charge in [0.25, 0.3) is 5.91 Å². The lowest BCUT2D eigenvalue weighted by Gasteiger charge is -2.16. The van der Waals surface area contributed by atoms with Gasteiger partial charge in [-0.1, -0.05) is 19.3 Å². The van der Waals surface area contributed by atoms with Crippen molar-refractivity contribution in [1.29, 1.82) is 0 Å². The molecule has 1 rings (SSSR count). The molecule has 5 heteroatoms. The number of rotatable bonds is 7. The Kier molecular flexibility index (Phi) is 6.41. The third-order valence-electron chi connectivity index (χ3n) is 3.03. The van der Waals surface area contributed by atoms with Gasteiger partial charge in [0.1, 0.15) is 5.75 Å². The van der Waals surface area contributed by atoms with E-state index < -0.39 is 0 Å². The molecule has 0 aromatic heterocycles. The lowest BCUT2D eigenvalue weighted by atomic mass is 10.1. The van der Waals surface area contributed by atoms with Gasteiger partial charge >= 0.3 is 0 Å². The van der Waals surface area contributed by atoms with E-state index in [1.807, 2.05) is 6.92 Å². The Morgan fingerprint density at radius 3 is 2.24 bits per heavy atom. The highest BCUT2D eigenvalue weighted by Gasteiger charge is 2.19. The predicted octanol–water partition coefficient (Wildman–Crippen LogP) is 2.24. The molecule has 0 bridgehead atoms. The third-order valence-corrected chi connectivity index (χ3v) is 3.03. The molecular formula is C16H21NO4. The number of benzene rings is 1. The second-order valence-corrected chi connectivity index (χ2v) is 4.39. The fraction of sp³-hybridized carbons (Fsp3) is 0.438. The second kappa shape index (κ2) is 8.05. The minimum Gasteiger partial charge on any atom is -0.496 e. The highest BCUT2D eigenvalue weighted by Crippen LogP contribution is 2.34. The van der Waals surface area contributed by atoms with Gasteiger partial charge in [0.2, 0.25) is 0 Å². The van der Waals surface area contributed by atoms with Crippen molar-refractivity contribution in [2.75, 3.05) is 21.3 Å². The lowest BCUT2D eigenvalue weighted by molar-refractivity contribution is 0.0940. The largest absolute Gasteiger partial charge is 0.496 e. The highest BCUT2D eigenvalue weighted by molar-refractivity contribution is 5.98. The maximum Gasteiger partial charge on any atom is 0.256 e. The van der Waals surface area contributed by atoms with Crippen molar-refractivity contribution >= 4 is 5.91 Å². The molecule has 0 aliphatic heterocycles. The van der Waals surface area contributed by atoms with Gasteiger partial charge in [0.15, 0.2) is 11.5 Å². The maximum absolute atomic E-state index is 12.4. The molecule has 5 nitrogen and oxygen atoms in total. The molecule has 0 heterocycles. The van der Waals surface area contributed by atoms with Crippen LogP contribution >= 0.6 is 0 Å². The summed E-state index contributed by atoms with van der Waals surface area (Å²) in [5, 5.41) is 2.80. The number of methoxy groups -OCH3 is 3. The zero-order valence-corrected chi connectivity index (χ0v) is 12.9. The van der Waals surface area contributed by atoms with Gasteiger partial charge in [-0.3, -0.25) is 4.79 Å². The zero-order chi connectivity index (χ0) is 15.8. The third kappa shape index (κ3) is 4.06. The number of carbonyl (C=O) groups excluding carboxylic acids is 1. The molecule has 21 heavy (non-hydrogen) atoms. The van der Waals surface area contributed by atoms with Crippen LogP contribution in [0.2, 0.25) is 0 Å². The molecule has 0 saturated carbocycles. The fourth-order valence-electron chi connectivity index (χ4n) is 1.93. The van der Waals surface area contributed by atoms with Crippen molar-refractivity contribution in [3.05, 3.63) is 17.7 Å². The highest BCUT2D eigenvalue weighted by atomic mass is 16.5. The SMILES string of the molecule is C#CC(CCC)NC(=O)c1cc(OC)c(OC)cc1OC. The van der Waals surface area contributed by atoms with E-state index in [1.165, 1.54) is 21.3 Å². The summed E-state index contributed by atoms with van der Waals surface area (Å²) >= 11 is 0. The van der Waals surface area contributed by atoms with Gasteiger partial charge in [-0.15, -0.1) is 6.42 Å². The smallest absolute Gasteiger partial charge is 0.256 e. The van der Waals surface area contributed by atoms with Crippen molar-refractivity contribution in [2.45, 2.75) is 25.8 Å². The van der Waals surface area contributed by atoms with E-state index in [2.05, 4.69) is 11.2 Å². The van der Waals surface area contributed by atoms with E-state index in [4.69, 9.17) is 20.6 Å². The van der Waals surface area contributed by atoms with Gasteiger partial charge < -0.3 is 19.5 Å². The Hall–Kier alpha value is -2.35. The molecule has 0 fully saturated rings. The molecule has 114 valence electrons. The molecule has 0 aliphatic rings. The van der Waals surface area contributed by atoms with Crippen LogP contribution in [0.5, 0.6) is 17.2 Å². The Morgan fingerprint density at radius 1 is 1.19 bits per heavy atom. The molecule has 0 radical (unpaired) electrons. The van der Waals surface area contributed by atoms with Crippen molar-refractivity contribution in [1.82, 2.24) is 5.32 Å². The van der Waals surface area contributed by atoms with Crippen LogP contribution in [0.25, 0.3) is 0 Å². The van der Waals surface area contributed by atoms with E-state index in [0.29, 0.717) is 22.8 Å². The molecular weight excluding hydrogens is 270 g/mol. The van der Waals surface area contributed by atoms with E-state index in [1.54, 1.807) is 12.1 Å². The number of hydrogen-bond donors (Lipinski definition) is 1. The summed E-state index contributed by atoms with van der Waals surface area (Å²) in [5.74, 6) is 3.61. The van der Waals surface area contributed by atoms with Crippen LogP contribution in [0, 0.1) is 12.3 Å². The summed E-state index contributed by atoms with van der Waals surface area (Å²) in [5.41, 5.74) is 0.353. The van der Waals surface area contributed by atoms with Crippen LogP contribution < -0.4 is 19.5 Å². The first-order valence-electron chi connectivity index (χ1n) is 6.68. The summed E-state index contributed by atoms with van der Waals surface area (Å²) in [6.45, 7) is 2.01. The normalized spacial score (nSPS) is 11.2. The first-order valence-corrected chi connectivity index (χ1v) is 6.68. The molecule has 0 spiro atoms. The van der Waals surface area contributed by atoms with Crippen LogP contribution in [0.15, 0.2) is 12.1 Å². The summed E-state index contributed by atoms with van der Waals surface area (Å²) in [7, 11) is 4.52. The summed E-state index contributed by atoms with van der Waals surface area (Å²) in [6.07, 6.45) is 7.02. The summed E-state index contributed by atoms with van der Waals surface area (Å²) in [4.78, 5) is 12.4. The van der Waals surface area contributed by atoms with Crippen LogP contribution in [0.4, 0.5) is 0 Å². The fourth-order valence-corrected chi connectivity index (χ4v) is 1.93. The van der Waals surface area contributed by atoms with Crippen molar-refractivity contribution in [3.63, 3.8) is 0 Å². The van der Waals surface area contributed by atoms with E-state index in [9.17, 15) is 4.79 Å². The summed E-state index contributed by atoms with van der Waals surface area (Å²) < 4.78 is 15.6. The number of hydrogen-bond acceptors (Lipinski definition) is 4. The standard InChI is InChI=1S/C16H21NO4/c1-6-8-11(7-2)17-16(18)12-9-14(20-4)15(21-5)10-13(12)19-3/h2,9-11H,6,8H2,1,3-5H3,(H,17,18). The monoisotopic (exact) mass is 291 g/mol. The molecule has 1 amide bonds. The average molecular weight is 291 g/mol. The number of ether oxygens (including phenoxy) is 3. The molecule has 1 aromatic carbocycles. The Labute approximate surface area is 125 Å². The molecule has 0 aliphatic carbocycles. The van der Waals surface area contributed by atoms with Gasteiger partial charge in [0, 0.05) is 12.1 Å². The second-order valence-electron chi connectivity index (χ2n) is 4.39. The topological polar surface area (TPSA) is 56.8 Å². The van der Waals surface area contributed by atoms with Crippen molar-refractivity contribution in [2.24, 2.45) is 0 Å². The lowest BCUT2D eigenvalue weighted by Crippen LogP contribution is -2.33. The predicted molar refractivity (Wildman–Crippen MR) is 81.1 cm³/mol. The van der Waals surface area contributed by atoms with Gasteiger partial charge in [-0.25, -0.2) is 0 Å². The van der Waals surface area contributed by atoms with E-state index >= 15 is 0 Å². The van der Waals surface area contributed by atoms with Crippen LogP contribution in [0.1, 0.15) is 30.1 Å². The Bertz CT molecular complexity index is 534. The molecule has 1 unspecified atom stereocenters. The van der Waals surface area contributed by atoms with E-state index in [0.717, 1.165) is 12.8 Å². The molecule has 1 N–H and O–H groups in total. The first-order chi connectivity index (χ1) is 10.1. The van der Waals surface area contributed by atoms with Crippen LogP contribution in [0.3, 0.4) is 0 Å².